The molecule has 1 aliphatic rings. The molecule has 0 fully saturated rings. The third-order valence-corrected chi connectivity index (χ3v) is 6.56. The maximum Gasteiger partial charge on any atom is 0.231 e. The van der Waals surface area contributed by atoms with Crippen LogP contribution in [-0.2, 0) is 11.2 Å². The van der Waals surface area contributed by atoms with Gasteiger partial charge in [-0.2, -0.15) is 0 Å². The lowest BCUT2D eigenvalue weighted by Crippen LogP contribution is -2.27. The number of pyridine rings is 1. The van der Waals surface area contributed by atoms with Gasteiger partial charge in [0.25, 0.3) is 0 Å². The van der Waals surface area contributed by atoms with Crippen molar-refractivity contribution in [3.05, 3.63) is 93.4 Å². The Morgan fingerprint density at radius 1 is 1.12 bits per heavy atom. The highest BCUT2D eigenvalue weighted by atomic mass is 35.5. The van der Waals surface area contributed by atoms with Gasteiger partial charge in [0, 0.05) is 41.3 Å². The number of aryl methyl sites for hydroxylation is 1. The monoisotopic (exact) mass is 495 g/mol. The highest BCUT2D eigenvalue weighted by Crippen LogP contribution is 2.37. The predicted molar refractivity (Wildman–Crippen MR) is 132 cm³/mol. The van der Waals surface area contributed by atoms with Crippen molar-refractivity contribution < 1.29 is 14.3 Å². The molecule has 34 heavy (non-hydrogen) atoms. The van der Waals surface area contributed by atoms with Gasteiger partial charge in [0.05, 0.1) is 5.69 Å². The van der Waals surface area contributed by atoms with Gasteiger partial charge in [-0.1, -0.05) is 35.3 Å². The lowest BCUT2D eigenvalue weighted by Gasteiger charge is -2.18. The van der Waals surface area contributed by atoms with Crippen LogP contribution in [0.5, 0.6) is 11.5 Å². The van der Waals surface area contributed by atoms with E-state index in [1.165, 1.54) is 0 Å². The Bertz CT molecular complexity index is 1370. The van der Waals surface area contributed by atoms with Crippen LogP contribution in [0.2, 0.25) is 10.0 Å². The molecule has 2 aromatic heterocycles. The van der Waals surface area contributed by atoms with E-state index in [9.17, 15) is 4.79 Å². The number of benzene rings is 2. The summed E-state index contributed by atoms with van der Waals surface area (Å²) in [5, 5.41) is 4.22. The van der Waals surface area contributed by atoms with Crippen LogP contribution in [0.4, 0.5) is 0 Å². The van der Waals surface area contributed by atoms with E-state index >= 15 is 0 Å². The molecule has 0 radical (unpaired) electrons. The second kappa shape index (κ2) is 9.57. The molecule has 1 atom stereocenters. The van der Waals surface area contributed by atoms with Crippen LogP contribution in [0.1, 0.15) is 34.7 Å². The molecular formula is C26H23Cl2N3O3. The molecule has 1 N–H and O–H groups in total. The van der Waals surface area contributed by atoms with Crippen molar-refractivity contribution >= 4 is 34.8 Å². The molecule has 5 rings (SSSR count). The number of imidazole rings is 1. The number of hydrogen-bond acceptors (Lipinski definition) is 4. The second-order valence-electron chi connectivity index (χ2n) is 8.32. The van der Waals surface area contributed by atoms with Crippen LogP contribution in [-0.4, -0.2) is 28.6 Å². The van der Waals surface area contributed by atoms with E-state index < -0.39 is 0 Å². The minimum absolute atomic E-state index is 0.0604. The maximum atomic E-state index is 13.0. The predicted octanol–water partition coefficient (Wildman–Crippen LogP) is 5.56. The summed E-state index contributed by atoms with van der Waals surface area (Å²) < 4.78 is 13.1. The van der Waals surface area contributed by atoms with Crippen LogP contribution in [0, 0.1) is 6.92 Å². The first kappa shape index (κ1) is 22.6. The van der Waals surface area contributed by atoms with E-state index in [0.29, 0.717) is 34.5 Å². The van der Waals surface area contributed by atoms with Crippen LogP contribution in [0.3, 0.4) is 0 Å². The zero-order valence-corrected chi connectivity index (χ0v) is 20.1. The van der Waals surface area contributed by atoms with Gasteiger partial charge >= 0.3 is 0 Å². The normalized spacial score (nSPS) is 13.3. The molecule has 6 nitrogen and oxygen atoms in total. The number of ether oxygens (including phenoxy) is 2. The molecule has 1 amide bonds. The van der Waals surface area contributed by atoms with E-state index in [2.05, 4.69) is 10.3 Å². The van der Waals surface area contributed by atoms with Gasteiger partial charge in [0.15, 0.2) is 11.5 Å². The molecule has 174 valence electrons. The molecule has 4 aromatic rings. The van der Waals surface area contributed by atoms with E-state index in [0.717, 1.165) is 28.0 Å². The highest BCUT2D eigenvalue weighted by molar-refractivity contribution is 6.35. The number of carbonyl (C=O) groups excluding carboxylic acids is 1. The molecule has 1 aliphatic heterocycles. The fourth-order valence-electron chi connectivity index (χ4n) is 4.20. The van der Waals surface area contributed by atoms with Crippen LogP contribution in [0.25, 0.3) is 5.65 Å². The summed E-state index contributed by atoms with van der Waals surface area (Å²) in [6, 6.07) is 15.3. The summed E-state index contributed by atoms with van der Waals surface area (Å²) in [7, 11) is 0. The number of carbonyl (C=O) groups is 1. The smallest absolute Gasteiger partial charge is 0.231 e. The zero-order valence-electron chi connectivity index (χ0n) is 18.6. The number of halogens is 2. The number of amides is 1. The zero-order chi connectivity index (χ0) is 23.7. The van der Waals surface area contributed by atoms with Gasteiger partial charge in [-0.05, 0) is 66.4 Å². The first-order valence-corrected chi connectivity index (χ1v) is 11.8. The van der Waals surface area contributed by atoms with Gasteiger partial charge in [0.2, 0.25) is 12.7 Å². The van der Waals surface area contributed by atoms with Crippen molar-refractivity contribution in [1.82, 2.24) is 14.7 Å². The molecule has 0 aliphatic carbocycles. The van der Waals surface area contributed by atoms with E-state index in [1.54, 1.807) is 12.1 Å². The molecule has 0 saturated carbocycles. The van der Waals surface area contributed by atoms with Crippen molar-refractivity contribution in [1.29, 1.82) is 0 Å². The Morgan fingerprint density at radius 2 is 1.97 bits per heavy atom. The van der Waals surface area contributed by atoms with Crippen LogP contribution in [0.15, 0.2) is 60.9 Å². The number of aromatic nitrogens is 2. The molecule has 0 spiro atoms. The molecule has 8 heteroatoms. The minimum Gasteiger partial charge on any atom is -0.454 e. The summed E-state index contributed by atoms with van der Waals surface area (Å²) in [6.45, 7) is 2.70. The first-order valence-electron chi connectivity index (χ1n) is 11.0. The van der Waals surface area contributed by atoms with Gasteiger partial charge in [0.1, 0.15) is 5.65 Å². The molecule has 0 bridgehead atoms. The average Bonchev–Trinajstić information content (AvgIpc) is 3.45. The summed E-state index contributed by atoms with van der Waals surface area (Å²) >= 11 is 12.2. The quantitative estimate of drug-likeness (QED) is 0.364. The Labute approximate surface area is 207 Å². The second-order valence-corrected chi connectivity index (χ2v) is 9.16. The third kappa shape index (κ3) is 4.69. The standard InChI is InChI=1S/C26H23Cl2N3O3/c1-16-7-9-31-22(14-30-25(31)10-16)20(18-3-5-23-24(11-18)34-15-33-23)13-26(32)29-8-6-17-2-4-19(27)12-21(17)28/h2-5,7,9-12,14,20H,6,8,13,15H2,1H3,(H,29,32). The van der Waals surface area contributed by atoms with Gasteiger partial charge < -0.3 is 19.2 Å². The Balaban J connectivity index is 1.37. The van der Waals surface area contributed by atoms with Crippen molar-refractivity contribution in [3.63, 3.8) is 0 Å². The lowest BCUT2D eigenvalue weighted by molar-refractivity contribution is -0.121. The fraction of sp³-hybridized carbons (Fsp3) is 0.231. The van der Waals surface area contributed by atoms with Gasteiger partial charge in [-0.3, -0.25) is 4.79 Å². The van der Waals surface area contributed by atoms with E-state index in [-0.39, 0.29) is 25.0 Å². The number of fused-ring (bicyclic) bond motifs is 2. The van der Waals surface area contributed by atoms with Crippen molar-refractivity contribution in [2.24, 2.45) is 0 Å². The fourth-order valence-corrected chi connectivity index (χ4v) is 4.70. The summed E-state index contributed by atoms with van der Waals surface area (Å²) in [6.07, 6.45) is 4.71. The summed E-state index contributed by atoms with van der Waals surface area (Å²) in [5.41, 5.74) is 4.81. The molecule has 3 heterocycles. The van der Waals surface area contributed by atoms with E-state index in [4.69, 9.17) is 32.7 Å². The molecule has 2 aromatic carbocycles. The van der Waals surface area contributed by atoms with Gasteiger partial charge in [-0.15, -0.1) is 0 Å². The minimum atomic E-state index is -0.216. The van der Waals surface area contributed by atoms with Gasteiger partial charge in [-0.25, -0.2) is 4.98 Å². The average molecular weight is 496 g/mol. The van der Waals surface area contributed by atoms with E-state index in [1.807, 2.05) is 60.1 Å². The molecule has 0 saturated heterocycles. The van der Waals surface area contributed by atoms with Crippen LogP contribution >= 0.6 is 23.2 Å². The van der Waals surface area contributed by atoms with Crippen LogP contribution < -0.4 is 14.8 Å². The number of hydrogen-bond donors (Lipinski definition) is 1. The maximum absolute atomic E-state index is 13.0. The number of nitrogens with one attached hydrogen (secondary N) is 1. The Morgan fingerprint density at radius 3 is 2.82 bits per heavy atom. The molecule has 1 unspecified atom stereocenters. The summed E-state index contributed by atoms with van der Waals surface area (Å²) in [4.78, 5) is 17.6. The summed E-state index contributed by atoms with van der Waals surface area (Å²) in [5.74, 6) is 1.12. The third-order valence-electron chi connectivity index (χ3n) is 5.97. The van der Waals surface area contributed by atoms with Crippen molar-refractivity contribution in [3.8, 4) is 11.5 Å². The lowest BCUT2D eigenvalue weighted by atomic mass is 9.92. The molecular weight excluding hydrogens is 473 g/mol. The number of nitrogens with zero attached hydrogens (tertiary/aromatic N) is 2. The Hall–Kier alpha value is -3.22. The SMILES string of the molecule is Cc1ccn2c(C(CC(=O)NCCc3ccc(Cl)cc3Cl)c3ccc4c(c3)OCO4)cnc2c1. The first-order chi connectivity index (χ1) is 16.5. The Kier molecular flexibility index (Phi) is 6.35. The number of rotatable bonds is 7. The van der Waals surface area contributed by atoms with Crippen molar-refractivity contribution in [2.45, 2.75) is 25.7 Å². The highest BCUT2D eigenvalue weighted by Gasteiger charge is 2.24. The van der Waals surface area contributed by atoms with Crippen molar-refractivity contribution in [2.75, 3.05) is 13.3 Å². The topological polar surface area (TPSA) is 64.9 Å². The largest absolute Gasteiger partial charge is 0.454 e.